The lowest BCUT2D eigenvalue weighted by Gasteiger charge is -2.08. The third-order valence-electron chi connectivity index (χ3n) is 1.81. The highest BCUT2D eigenvalue weighted by molar-refractivity contribution is 7.09. The van der Waals surface area contributed by atoms with Crippen LogP contribution in [0.25, 0.3) is 0 Å². The van der Waals surface area contributed by atoms with Crippen LogP contribution in [0.15, 0.2) is 5.38 Å². The molecule has 4 N–H and O–H groups in total. The number of aryl methyl sites for hydroxylation is 1. The second-order valence-electron chi connectivity index (χ2n) is 3.30. The maximum Gasteiger partial charge on any atom is 0.334 e. The van der Waals surface area contributed by atoms with Crippen LogP contribution in [0.2, 0.25) is 0 Å². The van der Waals surface area contributed by atoms with E-state index in [0.717, 1.165) is 10.7 Å². The molecule has 2 amide bonds. The van der Waals surface area contributed by atoms with Crippen molar-refractivity contribution in [3.05, 3.63) is 16.1 Å². The van der Waals surface area contributed by atoms with E-state index in [1.807, 2.05) is 12.3 Å². The molecule has 7 nitrogen and oxygen atoms in total. The number of nitrogens with zero attached hydrogens (tertiary/aromatic N) is 1. The van der Waals surface area contributed by atoms with Gasteiger partial charge in [0, 0.05) is 11.1 Å². The molecule has 0 fully saturated rings. The fourth-order valence-electron chi connectivity index (χ4n) is 0.979. The first kappa shape index (κ1) is 13.4. The largest absolute Gasteiger partial charge is 0.479 e. The first-order valence-electron chi connectivity index (χ1n) is 4.82. The van der Waals surface area contributed by atoms with E-state index in [-0.39, 0.29) is 13.1 Å². The quantitative estimate of drug-likeness (QED) is 0.580. The molecule has 1 atom stereocenters. The summed E-state index contributed by atoms with van der Waals surface area (Å²) in [6.45, 7) is 1.79. The molecule has 1 unspecified atom stereocenters. The smallest absolute Gasteiger partial charge is 0.334 e. The van der Waals surface area contributed by atoms with Gasteiger partial charge in [0.1, 0.15) is 5.01 Å². The molecule has 0 saturated heterocycles. The standard InChI is InChI=1S/C9H13N3O4S/c1-5-4-17-7(12-5)3-11-9(16)10-2-6(13)8(14)15/h4,6,13H,2-3H2,1H3,(H,14,15)(H2,10,11,16). The Hall–Kier alpha value is -1.67. The van der Waals surface area contributed by atoms with Gasteiger partial charge in [-0.3, -0.25) is 0 Å². The molecule has 0 aliphatic heterocycles. The number of hydrogen-bond donors (Lipinski definition) is 4. The fraction of sp³-hybridized carbons (Fsp3) is 0.444. The van der Waals surface area contributed by atoms with Gasteiger partial charge in [0.15, 0.2) is 6.10 Å². The van der Waals surface area contributed by atoms with Gasteiger partial charge in [0.25, 0.3) is 0 Å². The number of aromatic nitrogens is 1. The van der Waals surface area contributed by atoms with Crippen LogP contribution in [0, 0.1) is 6.92 Å². The van der Waals surface area contributed by atoms with Gasteiger partial charge in [-0.25, -0.2) is 14.6 Å². The van der Waals surface area contributed by atoms with Crippen molar-refractivity contribution in [2.75, 3.05) is 6.54 Å². The predicted octanol–water partition coefficient (Wildman–Crippen LogP) is -0.304. The van der Waals surface area contributed by atoms with E-state index in [2.05, 4.69) is 15.6 Å². The minimum Gasteiger partial charge on any atom is -0.479 e. The van der Waals surface area contributed by atoms with Gasteiger partial charge in [0.05, 0.1) is 13.1 Å². The minimum absolute atomic E-state index is 0.271. The van der Waals surface area contributed by atoms with Crippen LogP contribution in [0.4, 0.5) is 4.79 Å². The summed E-state index contributed by atoms with van der Waals surface area (Å²) in [6.07, 6.45) is -1.59. The first-order valence-corrected chi connectivity index (χ1v) is 5.70. The van der Waals surface area contributed by atoms with Crippen LogP contribution >= 0.6 is 11.3 Å². The summed E-state index contributed by atoms with van der Waals surface area (Å²) in [5.74, 6) is -1.37. The van der Waals surface area contributed by atoms with E-state index in [9.17, 15) is 9.59 Å². The van der Waals surface area contributed by atoms with Crippen LogP contribution in [0.3, 0.4) is 0 Å². The van der Waals surface area contributed by atoms with Crippen molar-refractivity contribution < 1.29 is 19.8 Å². The number of rotatable bonds is 5. The van der Waals surface area contributed by atoms with Crippen molar-refractivity contribution in [1.29, 1.82) is 0 Å². The molecule has 17 heavy (non-hydrogen) atoms. The Morgan fingerprint density at radius 3 is 2.76 bits per heavy atom. The Labute approximate surface area is 101 Å². The molecule has 8 heteroatoms. The van der Waals surface area contributed by atoms with Crippen molar-refractivity contribution in [2.24, 2.45) is 0 Å². The Bertz CT molecular complexity index is 407. The topological polar surface area (TPSA) is 112 Å². The van der Waals surface area contributed by atoms with Crippen LogP contribution < -0.4 is 10.6 Å². The van der Waals surface area contributed by atoms with Gasteiger partial charge in [-0.05, 0) is 6.92 Å². The van der Waals surface area contributed by atoms with Crippen LogP contribution in [-0.4, -0.2) is 39.8 Å². The molecule has 1 aromatic heterocycles. The molecule has 94 valence electrons. The third-order valence-corrected chi connectivity index (χ3v) is 2.77. The fourth-order valence-corrected chi connectivity index (χ4v) is 1.69. The summed E-state index contributed by atoms with van der Waals surface area (Å²) in [6, 6.07) is -0.543. The lowest BCUT2D eigenvalue weighted by molar-refractivity contribution is -0.146. The maximum absolute atomic E-state index is 11.2. The normalized spacial score (nSPS) is 11.9. The lowest BCUT2D eigenvalue weighted by atomic mass is 10.4. The second kappa shape index (κ2) is 6.16. The number of thiazole rings is 1. The summed E-state index contributed by atoms with van der Waals surface area (Å²) in [5.41, 5.74) is 0.883. The highest BCUT2D eigenvalue weighted by Gasteiger charge is 2.13. The van der Waals surface area contributed by atoms with Crippen molar-refractivity contribution in [1.82, 2.24) is 15.6 Å². The van der Waals surface area contributed by atoms with Gasteiger partial charge in [-0.15, -0.1) is 11.3 Å². The highest BCUT2D eigenvalue weighted by atomic mass is 32.1. The minimum atomic E-state index is -1.59. The third kappa shape index (κ3) is 4.79. The number of carbonyl (C=O) groups excluding carboxylic acids is 1. The number of aliphatic hydroxyl groups excluding tert-OH is 1. The number of carbonyl (C=O) groups is 2. The number of aliphatic carboxylic acids is 1. The van der Waals surface area contributed by atoms with Gasteiger partial charge < -0.3 is 20.8 Å². The van der Waals surface area contributed by atoms with E-state index in [1.165, 1.54) is 11.3 Å². The lowest BCUT2D eigenvalue weighted by Crippen LogP contribution is -2.41. The zero-order valence-electron chi connectivity index (χ0n) is 9.14. The molecule has 1 aromatic rings. The average molecular weight is 259 g/mol. The Kier molecular flexibility index (Phi) is 4.85. The van der Waals surface area contributed by atoms with E-state index in [4.69, 9.17) is 10.2 Å². The number of nitrogens with one attached hydrogen (secondary N) is 2. The molecule has 1 rings (SSSR count). The zero-order valence-corrected chi connectivity index (χ0v) is 9.95. The summed E-state index contributed by atoms with van der Waals surface area (Å²) in [7, 11) is 0. The van der Waals surface area contributed by atoms with Gasteiger partial charge >= 0.3 is 12.0 Å². The van der Waals surface area contributed by atoms with Gasteiger partial charge in [0.2, 0.25) is 0 Å². The number of urea groups is 1. The number of amides is 2. The number of aliphatic hydroxyl groups is 1. The SMILES string of the molecule is Cc1csc(CNC(=O)NCC(O)C(=O)O)n1. The van der Waals surface area contributed by atoms with E-state index >= 15 is 0 Å². The Balaban J connectivity index is 2.24. The average Bonchev–Trinajstić information content (AvgIpc) is 2.69. The second-order valence-corrected chi connectivity index (χ2v) is 4.24. The molecule has 0 bridgehead atoms. The summed E-state index contributed by atoms with van der Waals surface area (Å²) in [5, 5.41) is 24.6. The van der Waals surface area contributed by atoms with Crippen LogP contribution in [-0.2, 0) is 11.3 Å². The summed E-state index contributed by atoms with van der Waals surface area (Å²) < 4.78 is 0. The Morgan fingerprint density at radius 2 is 2.24 bits per heavy atom. The van der Waals surface area contributed by atoms with Gasteiger partial charge in [-0.2, -0.15) is 0 Å². The molecule has 0 aliphatic rings. The Morgan fingerprint density at radius 1 is 1.53 bits per heavy atom. The number of carboxylic acids is 1. The van der Waals surface area contributed by atoms with Crippen molar-refractivity contribution in [2.45, 2.75) is 19.6 Å². The monoisotopic (exact) mass is 259 g/mol. The van der Waals surface area contributed by atoms with Crippen molar-refractivity contribution in [3.8, 4) is 0 Å². The zero-order chi connectivity index (χ0) is 12.8. The number of carboxylic acid groups (broad SMARTS) is 1. The predicted molar refractivity (Wildman–Crippen MR) is 60.7 cm³/mol. The molecule has 0 saturated carbocycles. The van der Waals surface area contributed by atoms with Gasteiger partial charge in [-0.1, -0.05) is 0 Å². The molecule has 0 aromatic carbocycles. The summed E-state index contributed by atoms with van der Waals surface area (Å²) >= 11 is 1.42. The highest BCUT2D eigenvalue weighted by Crippen LogP contribution is 2.07. The molecular formula is C9H13N3O4S. The molecule has 1 heterocycles. The van der Waals surface area contributed by atoms with Crippen LogP contribution in [0.5, 0.6) is 0 Å². The molecule has 0 spiro atoms. The van der Waals surface area contributed by atoms with Crippen molar-refractivity contribution >= 4 is 23.3 Å². The molecule has 0 aliphatic carbocycles. The van der Waals surface area contributed by atoms with E-state index in [0.29, 0.717) is 0 Å². The number of hydrogen-bond acceptors (Lipinski definition) is 5. The maximum atomic E-state index is 11.2. The van der Waals surface area contributed by atoms with E-state index < -0.39 is 18.1 Å². The molecule has 0 radical (unpaired) electrons. The van der Waals surface area contributed by atoms with Crippen LogP contribution in [0.1, 0.15) is 10.7 Å². The first-order chi connectivity index (χ1) is 7.99. The van der Waals surface area contributed by atoms with E-state index in [1.54, 1.807) is 0 Å². The van der Waals surface area contributed by atoms with Crippen molar-refractivity contribution in [3.63, 3.8) is 0 Å². The summed E-state index contributed by atoms with van der Waals surface area (Å²) in [4.78, 5) is 25.6. The molecular weight excluding hydrogens is 246 g/mol.